The van der Waals surface area contributed by atoms with Gasteiger partial charge in [0.05, 0.1) is 30.7 Å². The molecule has 0 aromatic carbocycles. The number of H-pyrrole nitrogens is 1. The van der Waals surface area contributed by atoms with Gasteiger partial charge in [-0.1, -0.05) is 0 Å². The molecule has 0 saturated carbocycles. The molecule has 4 rings (SSSR count). The quantitative estimate of drug-likeness (QED) is 0.765. The summed E-state index contributed by atoms with van der Waals surface area (Å²) >= 11 is 0. The van der Waals surface area contributed by atoms with E-state index in [-0.39, 0.29) is 23.2 Å². The van der Waals surface area contributed by atoms with Gasteiger partial charge < -0.3 is 24.7 Å². The summed E-state index contributed by atoms with van der Waals surface area (Å²) in [5.74, 6) is 0.0180. The molecule has 3 N–H and O–H groups in total. The fourth-order valence-corrected chi connectivity index (χ4v) is 3.99. The highest BCUT2D eigenvalue weighted by atomic mass is 16.7. The van der Waals surface area contributed by atoms with E-state index in [2.05, 4.69) is 15.0 Å². The fourth-order valence-electron chi connectivity index (χ4n) is 3.99. The molecule has 2 aromatic rings. The van der Waals surface area contributed by atoms with Crippen molar-refractivity contribution < 1.29 is 18.9 Å². The Kier molecular flexibility index (Phi) is 4.96. The lowest BCUT2D eigenvalue weighted by molar-refractivity contribution is -0.213. The van der Waals surface area contributed by atoms with E-state index in [1.165, 1.54) is 6.33 Å². The molecule has 0 spiro atoms. The predicted octanol–water partition coefficient (Wildman–Crippen LogP) is 1.76. The summed E-state index contributed by atoms with van der Waals surface area (Å²) in [6.45, 7) is 12.9. The van der Waals surface area contributed by atoms with Gasteiger partial charge in [-0.2, -0.15) is 4.98 Å². The van der Waals surface area contributed by atoms with Crippen LogP contribution in [0.3, 0.4) is 0 Å². The lowest BCUT2D eigenvalue weighted by Crippen LogP contribution is -2.56. The first-order chi connectivity index (χ1) is 13.9. The largest absolute Gasteiger partial charge is 0.373 e. The monoisotopic (exact) mass is 421 g/mol. The molecule has 2 fully saturated rings. The minimum absolute atomic E-state index is 0.0180. The van der Waals surface area contributed by atoms with Crippen molar-refractivity contribution in [2.75, 3.05) is 18.9 Å². The topological polar surface area (TPSA) is 127 Å². The van der Waals surface area contributed by atoms with Gasteiger partial charge in [-0.15, -0.1) is 0 Å². The first kappa shape index (κ1) is 21.2. The molecule has 2 aliphatic heterocycles. The van der Waals surface area contributed by atoms with Gasteiger partial charge in [0, 0.05) is 6.42 Å². The molecule has 0 aliphatic carbocycles. The van der Waals surface area contributed by atoms with Crippen molar-refractivity contribution in [2.24, 2.45) is 0 Å². The number of nitrogens with zero attached hydrogens (tertiary/aromatic N) is 3. The van der Waals surface area contributed by atoms with E-state index < -0.39 is 29.1 Å². The highest BCUT2D eigenvalue weighted by molar-refractivity contribution is 5.70. The van der Waals surface area contributed by atoms with E-state index in [4.69, 9.17) is 24.7 Å². The number of hydrogen-bond donors (Lipinski definition) is 2. The number of nitrogens with two attached hydrogens (primary N) is 1. The number of rotatable bonds is 4. The molecular weight excluding hydrogens is 390 g/mol. The Balaban J connectivity index is 1.76. The molecular formula is C20H31N5O5. The molecule has 10 heteroatoms. The van der Waals surface area contributed by atoms with Crippen molar-refractivity contribution in [2.45, 2.75) is 83.2 Å². The van der Waals surface area contributed by atoms with E-state index >= 15 is 0 Å². The van der Waals surface area contributed by atoms with Crippen LogP contribution in [-0.4, -0.2) is 61.7 Å². The Morgan fingerprint density at radius 2 is 2.03 bits per heavy atom. The maximum atomic E-state index is 12.2. The first-order valence-electron chi connectivity index (χ1n) is 10.2. The molecule has 2 aliphatic rings. The Bertz CT molecular complexity index is 988. The summed E-state index contributed by atoms with van der Waals surface area (Å²) in [5.41, 5.74) is 4.47. The maximum absolute atomic E-state index is 12.2. The summed E-state index contributed by atoms with van der Waals surface area (Å²) in [7, 11) is 0. The number of imidazole rings is 1. The molecule has 0 amide bonds. The highest BCUT2D eigenvalue weighted by Gasteiger charge is 2.61. The van der Waals surface area contributed by atoms with Crippen LogP contribution in [0.2, 0.25) is 0 Å². The number of hydrogen-bond acceptors (Lipinski definition) is 8. The second kappa shape index (κ2) is 7.01. The first-order valence-corrected chi connectivity index (χ1v) is 10.2. The molecule has 4 heterocycles. The third-order valence-corrected chi connectivity index (χ3v) is 5.24. The zero-order valence-corrected chi connectivity index (χ0v) is 18.4. The van der Waals surface area contributed by atoms with Gasteiger partial charge in [-0.3, -0.25) is 14.3 Å². The van der Waals surface area contributed by atoms with Gasteiger partial charge in [0.25, 0.3) is 5.56 Å². The van der Waals surface area contributed by atoms with Crippen LogP contribution in [0.1, 0.15) is 54.2 Å². The van der Waals surface area contributed by atoms with Crippen molar-refractivity contribution in [3.63, 3.8) is 0 Å². The van der Waals surface area contributed by atoms with Crippen molar-refractivity contribution in [3.05, 3.63) is 16.7 Å². The Labute approximate surface area is 175 Å². The van der Waals surface area contributed by atoms with Crippen molar-refractivity contribution in [1.29, 1.82) is 0 Å². The van der Waals surface area contributed by atoms with E-state index in [0.717, 1.165) is 0 Å². The molecule has 166 valence electrons. The van der Waals surface area contributed by atoms with Crippen LogP contribution < -0.4 is 11.3 Å². The van der Waals surface area contributed by atoms with Gasteiger partial charge in [-0.05, 0) is 41.5 Å². The third kappa shape index (κ3) is 3.84. The molecule has 2 aromatic heterocycles. The van der Waals surface area contributed by atoms with Crippen molar-refractivity contribution in [1.82, 2.24) is 19.5 Å². The fraction of sp³-hybridized carbons (Fsp3) is 0.750. The SMILES string of the molecule is CC(C)(C)OC[C@]12CCO[C@@H](C1OC(C)(C)C)[C@H](n1cnc3c(=O)[nH]c(N)nc31)O2. The van der Waals surface area contributed by atoms with Gasteiger partial charge >= 0.3 is 0 Å². The normalized spacial score (nSPS) is 29.6. The molecule has 10 nitrogen and oxygen atoms in total. The lowest BCUT2D eigenvalue weighted by Gasteiger charge is -2.42. The summed E-state index contributed by atoms with van der Waals surface area (Å²) in [6.07, 6.45) is 0.798. The van der Waals surface area contributed by atoms with Gasteiger partial charge in [-0.25, -0.2) is 4.98 Å². The molecule has 0 radical (unpaired) electrons. The Hall–Kier alpha value is -2.01. The maximum Gasteiger partial charge on any atom is 0.280 e. The average Bonchev–Trinajstić information content (AvgIpc) is 3.06. The molecule has 2 saturated heterocycles. The van der Waals surface area contributed by atoms with Crippen LogP contribution in [0.5, 0.6) is 0 Å². The van der Waals surface area contributed by atoms with Crippen molar-refractivity contribution >= 4 is 17.1 Å². The van der Waals surface area contributed by atoms with E-state index in [9.17, 15) is 4.79 Å². The zero-order chi connectivity index (χ0) is 21.9. The minimum Gasteiger partial charge on any atom is -0.373 e. The summed E-state index contributed by atoms with van der Waals surface area (Å²) < 4.78 is 27.0. The van der Waals surface area contributed by atoms with E-state index in [0.29, 0.717) is 25.3 Å². The Morgan fingerprint density at radius 1 is 1.30 bits per heavy atom. The lowest BCUT2D eigenvalue weighted by atomic mass is 9.89. The number of ether oxygens (including phenoxy) is 4. The van der Waals surface area contributed by atoms with Crippen LogP contribution in [0.4, 0.5) is 5.95 Å². The molecule has 30 heavy (non-hydrogen) atoms. The molecule has 1 unspecified atom stereocenters. The second-order valence-electron chi connectivity index (χ2n) is 9.99. The van der Waals surface area contributed by atoms with E-state index in [1.54, 1.807) is 4.57 Å². The molecule has 2 bridgehead atoms. The van der Waals surface area contributed by atoms with E-state index in [1.807, 2.05) is 41.5 Å². The van der Waals surface area contributed by atoms with Crippen LogP contribution in [0.25, 0.3) is 11.2 Å². The van der Waals surface area contributed by atoms with Crippen LogP contribution in [0, 0.1) is 0 Å². The van der Waals surface area contributed by atoms with Crippen molar-refractivity contribution in [3.8, 4) is 0 Å². The summed E-state index contributed by atoms with van der Waals surface area (Å²) in [6, 6.07) is 0. The smallest absolute Gasteiger partial charge is 0.280 e. The highest BCUT2D eigenvalue weighted by Crippen LogP contribution is 2.48. The number of anilines is 1. The standard InChI is InChI=1S/C20H31N5O5/c1-18(2,3)28-9-20-7-8-27-12(13(20)29-19(4,5)6)16(30-20)25-10-22-11-14(25)23-17(21)24-15(11)26/h10,12-13,16H,7-9H2,1-6H3,(H3,21,23,24,26)/t12-,13?,16+,20+/m0/s1. The van der Waals surface area contributed by atoms with Crippen LogP contribution in [0.15, 0.2) is 11.1 Å². The number of fused-ring (bicyclic) bond motifs is 3. The minimum atomic E-state index is -0.697. The van der Waals surface area contributed by atoms with Crippen LogP contribution in [-0.2, 0) is 18.9 Å². The van der Waals surface area contributed by atoms with Gasteiger partial charge in [0.1, 0.15) is 17.8 Å². The number of nitrogen functional groups attached to an aromatic ring is 1. The zero-order valence-electron chi connectivity index (χ0n) is 18.4. The van der Waals surface area contributed by atoms with Gasteiger partial charge in [0.2, 0.25) is 5.95 Å². The average molecular weight is 421 g/mol. The predicted molar refractivity (Wildman–Crippen MR) is 110 cm³/mol. The van der Waals surface area contributed by atoms with Crippen LogP contribution >= 0.6 is 0 Å². The summed E-state index contributed by atoms with van der Waals surface area (Å²) in [5, 5.41) is 0. The number of aromatic nitrogens is 4. The van der Waals surface area contributed by atoms with Gasteiger partial charge in [0.15, 0.2) is 17.4 Å². The summed E-state index contributed by atoms with van der Waals surface area (Å²) in [4.78, 5) is 23.2. The Morgan fingerprint density at radius 3 is 2.70 bits per heavy atom. The number of aromatic amines is 1. The second-order valence-corrected chi connectivity index (χ2v) is 9.99. The third-order valence-electron chi connectivity index (χ3n) is 5.24. The number of nitrogens with one attached hydrogen (secondary N) is 1. The molecule has 4 atom stereocenters.